The van der Waals surface area contributed by atoms with Crippen LogP contribution < -0.4 is 5.73 Å². The van der Waals surface area contributed by atoms with Crippen LogP contribution in [0.4, 0.5) is 0 Å². The maximum Gasteiger partial charge on any atom is 0.238 e. The molecule has 0 bridgehead atoms. The molecule has 2 aliphatic rings. The van der Waals surface area contributed by atoms with Gasteiger partial charge in [0.05, 0.1) is 6.54 Å². The summed E-state index contributed by atoms with van der Waals surface area (Å²) in [6.07, 6.45) is 3.18. The first-order chi connectivity index (χ1) is 6.95. The quantitative estimate of drug-likeness (QED) is 0.743. The first kappa shape index (κ1) is 10.9. The lowest BCUT2D eigenvalue weighted by atomic mass is 9.93. The van der Waals surface area contributed by atoms with Crippen LogP contribution in [0.15, 0.2) is 0 Å². The summed E-state index contributed by atoms with van der Waals surface area (Å²) in [6.45, 7) is 4.77. The van der Waals surface area contributed by atoms with Crippen molar-refractivity contribution < 1.29 is 4.79 Å². The van der Waals surface area contributed by atoms with E-state index in [1.165, 1.54) is 12.8 Å². The van der Waals surface area contributed by atoms with Gasteiger partial charge in [0.2, 0.25) is 5.91 Å². The highest BCUT2D eigenvalue weighted by Crippen LogP contribution is 2.47. The van der Waals surface area contributed by atoms with E-state index < -0.39 is 0 Å². The smallest absolute Gasteiger partial charge is 0.238 e. The molecule has 2 N–H and O–H groups in total. The molecule has 0 radical (unpaired) electrons. The van der Waals surface area contributed by atoms with Gasteiger partial charge < -0.3 is 5.73 Å². The van der Waals surface area contributed by atoms with Crippen molar-refractivity contribution in [3.63, 3.8) is 0 Å². The van der Waals surface area contributed by atoms with E-state index in [0.717, 1.165) is 0 Å². The van der Waals surface area contributed by atoms with Crippen molar-refractivity contribution in [2.75, 3.05) is 13.6 Å². The standard InChI is InChI=1S/C11H21N3O/c1-8(12)7-14-10(15)6-11(2,13(14)3)9-4-5-9/h8-9H,4-7,12H2,1-3H3. The Kier molecular flexibility index (Phi) is 2.51. The Morgan fingerprint density at radius 2 is 2.20 bits per heavy atom. The second-order valence-electron chi connectivity index (χ2n) is 5.28. The zero-order valence-electron chi connectivity index (χ0n) is 9.86. The van der Waals surface area contributed by atoms with Crippen molar-refractivity contribution in [1.82, 2.24) is 10.0 Å². The summed E-state index contributed by atoms with van der Waals surface area (Å²) in [7, 11) is 2.02. The summed E-state index contributed by atoms with van der Waals surface area (Å²) >= 11 is 0. The van der Waals surface area contributed by atoms with E-state index in [9.17, 15) is 4.79 Å². The molecular weight excluding hydrogens is 190 g/mol. The van der Waals surface area contributed by atoms with Gasteiger partial charge in [-0.1, -0.05) is 0 Å². The average Bonchev–Trinajstić information content (AvgIpc) is 2.92. The normalized spacial score (nSPS) is 34.9. The molecule has 1 heterocycles. The summed E-state index contributed by atoms with van der Waals surface area (Å²) in [5, 5.41) is 3.94. The zero-order chi connectivity index (χ0) is 11.2. The maximum atomic E-state index is 11.9. The van der Waals surface area contributed by atoms with E-state index in [4.69, 9.17) is 5.73 Å². The Bertz CT molecular complexity index is 275. The number of hydrogen-bond donors (Lipinski definition) is 1. The molecule has 2 unspecified atom stereocenters. The van der Waals surface area contributed by atoms with Gasteiger partial charge in [-0.2, -0.15) is 0 Å². The number of nitrogens with zero attached hydrogens (tertiary/aromatic N) is 2. The monoisotopic (exact) mass is 211 g/mol. The minimum absolute atomic E-state index is 0.0398. The molecule has 2 atom stereocenters. The van der Waals surface area contributed by atoms with Crippen molar-refractivity contribution in [2.24, 2.45) is 11.7 Å². The fraction of sp³-hybridized carbons (Fsp3) is 0.909. The van der Waals surface area contributed by atoms with Crippen LogP contribution in [0.1, 0.15) is 33.1 Å². The minimum atomic E-state index is 0.0398. The Morgan fingerprint density at radius 3 is 2.67 bits per heavy atom. The van der Waals surface area contributed by atoms with Gasteiger partial charge in [-0.05, 0) is 32.6 Å². The lowest BCUT2D eigenvalue weighted by molar-refractivity contribution is -0.139. The Morgan fingerprint density at radius 1 is 1.60 bits per heavy atom. The van der Waals surface area contributed by atoms with Crippen molar-refractivity contribution in [3.8, 4) is 0 Å². The maximum absolute atomic E-state index is 11.9. The highest BCUT2D eigenvalue weighted by atomic mass is 16.2. The van der Waals surface area contributed by atoms with Gasteiger partial charge in [-0.15, -0.1) is 0 Å². The van der Waals surface area contributed by atoms with Gasteiger partial charge >= 0.3 is 0 Å². The van der Waals surface area contributed by atoms with Crippen LogP contribution in [0.2, 0.25) is 0 Å². The van der Waals surface area contributed by atoms with E-state index in [0.29, 0.717) is 18.9 Å². The lowest BCUT2D eigenvalue weighted by Gasteiger charge is -2.36. The molecule has 1 aliphatic carbocycles. The lowest BCUT2D eigenvalue weighted by Crippen LogP contribution is -2.50. The summed E-state index contributed by atoms with van der Waals surface area (Å²) in [4.78, 5) is 11.9. The van der Waals surface area contributed by atoms with Crippen LogP contribution in [0.25, 0.3) is 0 Å². The van der Waals surface area contributed by atoms with Gasteiger partial charge in [0, 0.05) is 25.0 Å². The summed E-state index contributed by atoms with van der Waals surface area (Å²) in [6, 6.07) is 0.0398. The number of nitrogens with two attached hydrogens (primary N) is 1. The van der Waals surface area contributed by atoms with Gasteiger partial charge in [0.25, 0.3) is 0 Å². The molecule has 1 saturated carbocycles. The molecule has 86 valence electrons. The van der Waals surface area contributed by atoms with E-state index in [1.54, 1.807) is 0 Å². The van der Waals surface area contributed by atoms with Gasteiger partial charge in [0.15, 0.2) is 0 Å². The topological polar surface area (TPSA) is 49.6 Å². The van der Waals surface area contributed by atoms with Crippen molar-refractivity contribution in [1.29, 1.82) is 0 Å². The van der Waals surface area contributed by atoms with Crippen LogP contribution in [0, 0.1) is 5.92 Å². The molecule has 4 heteroatoms. The fourth-order valence-electron chi connectivity index (χ4n) is 2.57. The third-order valence-electron chi connectivity index (χ3n) is 3.82. The first-order valence-corrected chi connectivity index (χ1v) is 5.75. The second-order valence-corrected chi connectivity index (χ2v) is 5.28. The molecule has 1 amide bonds. The molecule has 0 aromatic rings. The van der Waals surface area contributed by atoms with Crippen molar-refractivity contribution >= 4 is 5.91 Å². The molecular formula is C11H21N3O. The second kappa shape index (κ2) is 3.46. The fourth-order valence-corrected chi connectivity index (χ4v) is 2.57. The van der Waals surface area contributed by atoms with Gasteiger partial charge in [-0.3, -0.25) is 9.80 Å². The Labute approximate surface area is 91.4 Å². The molecule has 0 aromatic heterocycles. The predicted octanol–water partition coefficient (Wildman–Crippen LogP) is 0.581. The van der Waals surface area contributed by atoms with E-state index >= 15 is 0 Å². The minimum Gasteiger partial charge on any atom is -0.326 e. The summed E-state index contributed by atoms with van der Waals surface area (Å²) < 4.78 is 0. The molecule has 0 aromatic carbocycles. The third-order valence-corrected chi connectivity index (χ3v) is 3.82. The number of carbonyl (C=O) groups is 1. The van der Waals surface area contributed by atoms with E-state index in [-0.39, 0.29) is 17.5 Å². The summed E-state index contributed by atoms with van der Waals surface area (Å²) in [5.74, 6) is 0.925. The van der Waals surface area contributed by atoms with E-state index in [1.807, 2.05) is 19.0 Å². The average molecular weight is 211 g/mol. The van der Waals surface area contributed by atoms with Crippen LogP contribution in [-0.4, -0.2) is 41.1 Å². The number of amides is 1. The predicted molar refractivity (Wildman–Crippen MR) is 58.9 cm³/mol. The summed E-state index contributed by atoms with van der Waals surface area (Å²) in [5.41, 5.74) is 5.80. The molecule has 1 saturated heterocycles. The largest absolute Gasteiger partial charge is 0.326 e. The zero-order valence-corrected chi connectivity index (χ0v) is 9.86. The van der Waals surface area contributed by atoms with E-state index in [2.05, 4.69) is 11.9 Å². The van der Waals surface area contributed by atoms with Crippen LogP contribution in [0.5, 0.6) is 0 Å². The Hall–Kier alpha value is -0.610. The van der Waals surface area contributed by atoms with Crippen molar-refractivity contribution in [2.45, 2.75) is 44.7 Å². The molecule has 0 spiro atoms. The van der Waals surface area contributed by atoms with Crippen LogP contribution in [0.3, 0.4) is 0 Å². The molecule has 15 heavy (non-hydrogen) atoms. The highest BCUT2D eigenvalue weighted by molar-refractivity contribution is 5.79. The molecule has 2 rings (SSSR count). The SMILES string of the molecule is CC(N)CN1C(=O)CC(C)(C2CC2)N1C. The highest BCUT2D eigenvalue weighted by Gasteiger charge is 2.53. The Balaban J connectivity index is 2.11. The third kappa shape index (κ3) is 1.76. The van der Waals surface area contributed by atoms with Crippen LogP contribution in [-0.2, 0) is 4.79 Å². The number of hydrogen-bond acceptors (Lipinski definition) is 3. The van der Waals surface area contributed by atoms with Crippen molar-refractivity contribution in [3.05, 3.63) is 0 Å². The molecule has 2 fully saturated rings. The van der Waals surface area contributed by atoms with Gasteiger partial charge in [-0.25, -0.2) is 5.01 Å². The number of hydrazine groups is 1. The molecule has 4 nitrogen and oxygen atoms in total. The molecule has 1 aliphatic heterocycles. The number of rotatable bonds is 3. The number of carbonyl (C=O) groups excluding carboxylic acids is 1. The first-order valence-electron chi connectivity index (χ1n) is 5.75. The van der Waals surface area contributed by atoms with Crippen LogP contribution >= 0.6 is 0 Å². The van der Waals surface area contributed by atoms with Gasteiger partial charge in [0.1, 0.15) is 0 Å².